The van der Waals surface area contributed by atoms with Gasteiger partial charge in [0.05, 0.1) is 18.8 Å². The monoisotopic (exact) mass is 359 g/mol. The SMILES string of the molecule is CN(Cc1noc(C2CCC2)n1)C(=O)c1cn(C2CCC(N)CC2)nn1. The summed E-state index contributed by atoms with van der Waals surface area (Å²) >= 11 is 0. The number of hydrogen-bond donors (Lipinski definition) is 1. The molecule has 2 saturated carbocycles. The van der Waals surface area contributed by atoms with E-state index in [1.165, 1.54) is 6.42 Å². The normalized spacial score (nSPS) is 23.6. The Morgan fingerprint density at radius 3 is 2.77 bits per heavy atom. The summed E-state index contributed by atoms with van der Waals surface area (Å²) in [6.45, 7) is 0.292. The Bertz CT molecular complexity index is 759. The molecule has 9 heteroatoms. The van der Waals surface area contributed by atoms with Gasteiger partial charge in [-0.05, 0) is 38.5 Å². The highest BCUT2D eigenvalue weighted by Gasteiger charge is 2.27. The average molecular weight is 359 g/mol. The van der Waals surface area contributed by atoms with Crippen molar-refractivity contribution >= 4 is 5.91 Å². The van der Waals surface area contributed by atoms with Crippen molar-refractivity contribution in [1.29, 1.82) is 0 Å². The smallest absolute Gasteiger partial charge is 0.276 e. The fraction of sp³-hybridized carbons (Fsp3) is 0.706. The van der Waals surface area contributed by atoms with Crippen molar-refractivity contribution in [3.63, 3.8) is 0 Å². The van der Waals surface area contributed by atoms with Crippen LogP contribution in [0.25, 0.3) is 0 Å². The predicted molar refractivity (Wildman–Crippen MR) is 92.2 cm³/mol. The molecule has 0 saturated heterocycles. The first-order valence-electron chi connectivity index (χ1n) is 9.35. The van der Waals surface area contributed by atoms with Gasteiger partial charge in [-0.2, -0.15) is 4.98 Å². The summed E-state index contributed by atoms with van der Waals surface area (Å²) in [5, 5.41) is 12.2. The van der Waals surface area contributed by atoms with E-state index in [1.54, 1.807) is 22.8 Å². The number of aromatic nitrogens is 5. The van der Waals surface area contributed by atoms with Crippen LogP contribution >= 0.6 is 0 Å². The Morgan fingerprint density at radius 2 is 2.08 bits per heavy atom. The molecule has 140 valence electrons. The van der Waals surface area contributed by atoms with Crippen molar-refractivity contribution in [3.8, 4) is 0 Å². The zero-order valence-corrected chi connectivity index (χ0v) is 15.0. The summed E-state index contributed by atoms with van der Waals surface area (Å²) in [6.07, 6.45) is 9.06. The lowest BCUT2D eigenvalue weighted by molar-refractivity contribution is 0.0774. The molecule has 26 heavy (non-hydrogen) atoms. The van der Waals surface area contributed by atoms with Gasteiger partial charge >= 0.3 is 0 Å². The molecule has 9 nitrogen and oxygen atoms in total. The molecule has 0 radical (unpaired) electrons. The Balaban J connectivity index is 1.36. The molecule has 2 aromatic heterocycles. The van der Waals surface area contributed by atoms with Gasteiger partial charge in [0.15, 0.2) is 11.5 Å². The highest BCUT2D eigenvalue weighted by Crippen LogP contribution is 2.35. The Morgan fingerprint density at radius 1 is 1.31 bits per heavy atom. The summed E-state index contributed by atoms with van der Waals surface area (Å²) in [4.78, 5) is 18.6. The Labute approximate surface area is 151 Å². The van der Waals surface area contributed by atoms with Gasteiger partial charge in [-0.3, -0.25) is 4.79 Å². The van der Waals surface area contributed by atoms with Crippen LogP contribution in [-0.4, -0.2) is 49.0 Å². The maximum absolute atomic E-state index is 12.6. The summed E-state index contributed by atoms with van der Waals surface area (Å²) in [5.74, 6) is 1.41. The maximum atomic E-state index is 12.6. The fourth-order valence-electron chi connectivity index (χ4n) is 3.55. The third kappa shape index (κ3) is 3.48. The molecular formula is C17H25N7O2. The molecule has 0 aromatic carbocycles. The van der Waals surface area contributed by atoms with Gasteiger partial charge in [-0.25, -0.2) is 4.68 Å². The van der Waals surface area contributed by atoms with E-state index in [0.29, 0.717) is 29.9 Å². The molecule has 4 rings (SSSR count). The molecule has 1 amide bonds. The molecular weight excluding hydrogens is 334 g/mol. The summed E-state index contributed by atoms with van der Waals surface area (Å²) < 4.78 is 7.11. The Kier molecular flexibility index (Phi) is 4.71. The topological polar surface area (TPSA) is 116 Å². The van der Waals surface area contributed by atoms with Gasteiger partial charge in [-0.1, -0.05) is 16.8 Å². The second-order valence-electron chi connectivity index (χ2n) is 7.49. The fourth-order valence-corrected chi connectivity index (χ4v) is 3.55. The van der Waals surface area contributed by atoms with Crippen molar-refractivity contribution in [3.05, 3.63) is 23.6 Å². The molecule has 0 atom stereocenters. The quantitative estimate of drug-likeness (QED) is 0.862. The number of carbonyl (C=O) groups is 1. The van der Waals surface area contributed by atoms with Crippen LogP contribution < -0.4 is 5.73 Å². The second kappa shape index (κ2) is 7.14. The van der Waals surface area contributed by atoms with Crippen LogP contribution in [0.3, 0.4) is 0 Å². The molecule has 0 unspecified atom stereocenters. The molecule has 0 bridgehead atoms. The molecule has 2 aliphatic carbocycles. The van der Waals surface area contributed by atoms with Crippen LogP contribution in [0.1, 0.15) is 79.1 Å². The zero-order valence-electron chi connectivity index (χ0n) is 15.0. The highest BCUT2D eigenvalue weighted by atomic mass is 16.5. The maximum Gasteiger partial charge on any atom is 0.276 e. The lowest BCUT2D eigenvalue weighted by Gasteiger charge is -2.25. The molecule has 2 aromatic rings. The Hall–Kier alpha value is -2.29. The molecule has 0 aliphatic heterocycles. The lowest BCUT2D eigenvalue weighted by Crippen LogP contribution is -2.28. The zero-order chi connectivity index (χ0) is 18.1. The van der Waals surface area contributed by atoms with Crippen molar-refractivity contribution in [2.75, 3.05) is 7.05 Å². The first-order chi connectivity index (χ1) is 12.6. The first kappa shape index (κ1) is 17.1. The number of amides is 1. The van der Waals surface area contributed by atoms with E-state index < -0.39 is 0 Å². The molecule has 2 aliphatic rings. The van der Waals surface area contributed by atoms with Crippen LogP contribution in [0.15, 0.2) is 10.7 Å². The lowest BCUT2D eigenvalue weighted by atomic mass is 9.85. The molecule has 2 N–H and O–H groups in total. The van der Waals surface area contributed by atoms with Crippen molar-refractivity contribution < 1.29 is 9.32 Å². The van der Waals surface area contributed by atoms with Crippen LogP contribution in [-0.2, 0) is 6.54 Å². The molecule has 2 fully saturated rings. The predicted octanol–water partition coefficient (Wildman–Crippen LogP) is 1.64. The van der Waals surface area contributed by atoms with E-state index in [4.69, 9.17) is 10.3 Å². The summed E-state index contributed by atoms with van der Waals surface area (Å²) in [6, 6.07) is 0.554. The third-order valence-electron chi connectivity index (χ3n) is 5.51. The van der Waals surface area contributed by atoms with E-state index in [2.05, 4.69) is 20.5 Å². The van der Waals surface area contributed by atoms with Crippen molar-refractivity contribution in [2.24, 2.45) is 5.73 Å². The standard InChI is InChI=1S/C17H25N7O2/c1-23(10-15-19-16(26-21-15)11-3-2-4-11)17(25)14-9-24(22-20-14)13-7-5-12(18)6-8-13/h9,11-13H,2-8,10,18H2,1H3. The van der Waals surface area contributed by atoms with Crippen LogP contribution in [0.5, 0.6) is 0 Å². The van der Waals surface area contributed by atoms with Gasteiger partial charge in [-0.15, -0.1) is 5.10 Å². The van der Waals surface area contributed by atoms with Crippen LogP contribution in [0.4, 0.5) is 0 Å². The van der Waals surface area contributed by atoms with Gasteiger partial charge in [0.1, 0.15) is 0 Å². The third-order valence-corrected chi connectivity index (χ3v) is 5.51. The number of nitrogens with two attached hydrogens (primary N) is 1. The van der Waals surface area contributed by atoms with E-state index >= 15 is 0 Å². The average Bonchev–Trinajstić information content (AvgIpc) is 3.23. The second-order valence-corrected chi connectivity index (χ2v) is 7.49. The number of hydrogen-bond acceptors (Lipinski definition) is 7. The summed E-state index contributed by atoms with van der Waals surface area (Å²) in [7, 11) is 1.71. The van der Waals surface area contributed by atoms with Gasteiger partial charge in [0.2, 0.25) is 5.89 Å². The number of rotatable bonds is 5. The van der Waals surface area contributed by atoms with Gasteiger partial charge in [0, 0.05) is 19.0 Å². The van der Waals surface area contributed by atoms with E-state index in [-0.39, 0.29) is 18.0 Å². The van der Waals surface area contributed by atoms with Crippen LogP contribution in [0.2, 0.25) is 0 Å². The van der Waals surface area contributed by atoms with E-state index in [1.807, 2.05) is 0 Å². The number of carbonyl (C=O) groups excluding carboxylic acids is 1. The highest BCUT2D eigenvalue weighted by molar-refractivity contribution is 5.91. The largest absolute Gasteiger partial charge is 0.339 e. The van der Waals surface area contributed by atoms with E-state index in [0.717, 1.165) is 38.5 Å². The van der Waals surface area contributed by atoms with Crippen molar-refractivity contribution in [1.82, 2.24) is 30.0 Å². The minimum Gasteiger partial charge on any atom is -0.339 e. The number of nitrogens with zero attached hydrogens (tertiary/aromatic N) is 6. The van der Waals surface area contributed by atoms with Gasteiger partial charge in [0.25, 0.3) is 5.91 Å². The minimum absolute atomic E-state index is 0.196. The first-order valence-corrected chi connectivity index (χ1v) is 9.35. The molecule has 2 heterocycles. The van der Waals surface area contributed by atoms with Crippen LogP contribution in [0, 0.1) is 0 Å². The van der Waals surface area contributed by atoms with Gasteiger partial charge < -0.3 is 15.2 Å². The molecule has 0 spiro atoms. The minimum atomic E-state index is -0.196. The summed E-state index contributed by atoms with van der Waals surface area (Å²) in [5.41, 5.74) is 6.29. The van der Waals surface area contributed by atoms with E-state index in [9.17, 15) is 4.79 Å². The van der Waals surface area contributed by atoms with Crippen molar-refractivity contribution in [2.45, 2.75) is 69.5 Å².